The molecule has 0 radical (unpaired) electrons. The first-order valence-electron chi connectivity index (χ1n) is 5.39. The maximum atomic E-state index is 3.80. The van der Waals surface area contributed by atoms with E-state index in [2.05, 4.69) is 57.9 Å². The van der Waals surface area contributed by atoms with E-state index in [0.29, 0.717) is 0 Å². The molecule has 14 heavy (non-hydrogen) atoms. The first-order valence-corrected chi connectivity index (χ1v) is 8.39. The predicted molar refractivity (Wildman–Crippen MR) is 66.8 cm³/mol. The lowest BCUT2D eigenvalue weighted by molar-refractivity contribution is 0.514. The normalized spacial score (nSPS) is 18.1. The number of allylic oxidation sites excluding steroid dienone is 4. The van der Waals surface area contributed by atoms with Crippen LogP contribution in [0.25, 0.3) is 0 Å². The van der Waals surface area contributed by atoms with Crippen molar-refractivity contribution in [3.8, 4) is 0 Å². The van der Waals surface area contributed by atoms with Gasteiger partial charge in [-0.15, -0.1) is 0 Å². The summed E-state index contributed by atoms with van der Waals surface area (Å²) in [6.07, 6.45) is 5.85. The highest BCUT2D eigenvalue weighted by Gasteiger charge is 2.32. The Kier molecular flexibility index (Phi) is 3.07. The van der Waals surface area contributed by atoms with Crippen molar-refractivity contribution in [2.75, 3.05) is 0 Å². The van der Waals surface area contributed by atoms with Crippen LogP contribution < -0.4 is 4.98 Å². The minimum absolute atomic E-state index is 0.222. The highest BCUT2D eigenvalue weighted by molar-refractivity contribution is 6.83. The molecule has 0 unspecified atom stereocenters. The van der Waals surface area contributed by atoms with Crippen LogP contribution in [0, 0.1) is 0 Å². The predicted octanol–water partition coefficient (Wildman–Crippen LogP) is 3.40. The van der Waals surface area contributed by atoms with Crippen molar-refractivity contribution < 1.29 is 0 Å². The lowest BCUT2D eigenvalue weighted by atomic mass is 10.1. The Morgan fingerprint density at radius 3 is 2.14 bits per heavy atom. The third kappa shape index (κ3) is 2.82. The van der Waals surface area contributed by atoms with Gasteiger partial charge < -0.3 is 4.98 Å². The molecular formula is C12H23NSi. The summed E-state index contributed by atoms with van der Waals surface area (Å²) < 4.78 is 0. The van der Waals surface area contributed by atoms with Crippen LogP contribution in [-0.2, 0) is 0 Å². The first kappa shape index (κ1) is 11.7. The molecule has 0 aromatic rings. The van der Waals surface area contributed by atoms with Gasteiger partial charge in [0.25, 0.3) is 0 Å². The van der Waals surface area contributed by atoms with Gasteiger partial charge in [0.2, 0.25) is 0 Å². The number of hydrogen-bond acceptors (Lipinski definition) is 1. The largest absolute Gasteiger partial charge is 0.329 e. The molecule has 0 bridgehead atoms. The zero-order valence-electron chi connectivity index (χ0n) is 10.4. The average Bonchev–Trinajstić information content (AvgIpc) is 2.29. The van der Waals surface area contributed by atoms with Gasteiger partial charge in [-0.1, -0.05) is 30.8 Å². The second kappa shape index (κ2) is 3.67. The van der Waals surface area contributed by atoms with Crippen LogP contribution in [-0.4, -0.2) is 13.8 Å². The second-order valence-corrected chi connectivity index (χ2v) is 9.78. The molecule has 0 saturated carbocycles. The van der Waals surface area contributed by atoms with Crippen molar-refractivity contribution in [2.45, 2.75) is 52.7 Å². The molecule has 0 aliphatic heterocycles. The fraction of sp³-hybridized carbons (Fsp3) is 0.667. The Labute approximate surface area is 89.4 Å². The summed E-state index contributed by atoms with van der Waals surface area (Å²) in [5.74, 6) is 0. The summed E-state index contributed by atoms with van der Waals surface area (Å²) in [6.45, 7) is 13.8. The average molecular weight is 209 g/mol. The molecule has 1 rings (SSSR count). The molecule has 0 aromatic heterocycles. The first-order chi connectivity index (χ1) is 6.22. The lowest BCUT2D eigenvalue weighted by Crippen LogP contribution is -2.55. The Balaban J connectivity index is 2.81. The van der Waals surface area contributed by atoms with Gasteiger partial charge >= 0.3 is 0 Å². The molecule has 80 valence electrons. The van der Waals surface area contributed by atoms with Crippen LogP contribution >= 0.6 is 0 Å². The molecular weight excluding hydrogens is 186 g/mol. The third-order valence-electron chi connectivity index (χ3n) is 2.53. The minimum atomic E-state index is -1.43. The van der Waals surface area contributed by atoms with Gasteiger partial charge in [0.15, 0.2) is 8.24 Å². The fourth-order valence-corrected chi connectivity index (χ4v) is 6.10. The Morgan fingerprint density at radius 1 is 1.21 bits per heavy atom. The summed E-state index contributed by atoms with van der Waals surface area (Å²) in [7, 11) is -1.43. The van der Waals surface area contributed by atoms with Crippen LogP contribution in [0.2, 0.25) is 13.1 Å². The molecule has 0 amide bonds. The van der Waals surface area contributed by atoms with Crippen LogP contribution in [0.4, 0.5) is 0 Å². The van der Waals surface area contributed by atoms with Crippen molar-refractivity contribution in [2.24, 2.45) is 0 Å². The van der Waals surface area contributed by atoms with E-state index in [1.165, 1.54) is 5.57 Å². The smallest absolute Gasteiger partial charge is 0.151 e. The van der Waals surface area contributed by atoms with Gasteiger partial charge in [0, 0.05) is 5.54 Å². The molecule has 1 aliphatic carbocycles. The monoisotopic (exact) mass is 209 g/mol. The maximum Gasteiger partial charge on any atom is 0.151 e. The molecule has 0 saturated heterocycles. The van der Waals surface area contributed by atoms with E-state index in [0.717, 1.165) is 6.42 Å². The Hall–Kier alpha value is -0.343. The van der Waals surface area contributed by atoms with E-state index in [4.69, 9.17) is 0 Å². The minimum Gasteiger partial charge on any atom is -0.329 e. The molecule has 0 fully saturated rings. The van der Waals surface area contributed by atoms with Crippen LogP contribution in [0.1, 0.15) is 34.1 Å². The molecule has 1 aliphatic rings. The maximum absolute atomic E-state index is 3.80. The summed E-state index contributed by atoms with van der Waals surface area (Å²) in [6, 6.07) is 0. The van der Waals surface area contributed by atoms with Gasteiger partial charge in [-0.3, -0.25) is 0 Å². The van der Waals surface area contributed by atoms with Crippen molar-refractivity contribution in [3.05, 3.63) is 22.9 Å². The zero-order valence-corrected chi connectivity index (χ0v) is 11.4. The molecule has 1 N–H and O–H groups in total. The second-order valence-electron chi connectivity index (χ2n) is 5.74. The molecule has 1 nitrogen and oxygen atoms in total. The van der Waals surface area contributed by atoms with Crippen LogP contribution in [0.15, 0.2) is 22.9 Å². The molecule has 0 aromatic carbocycles. The highest BCUT2D eigenvalue weighted by Crippen LogP contribution is 2.27. The van der Waals surface area contributed by atoms with Crippen molar-refractivity contribution in [1.29, 1.82) is 0 Å². The Morgan fingerprint density at radius 2 is 1.79 bits per heavy atom. The quantitative estimate of drug-likeness (QED) is 0.687. The van der Waals surface area contributed by atoms with Crippen molar-refractivity contribution >= 4 is 8.24 Å². The van der Waals surface area contributed by atoms with E-state index >= 15 is 0 Å². The molecule has 0 heterocycles. The number of nitrogens with one attached hydrogen (secondary N) is 1. The lowest BCUT2D eigenvalue weighted by Gasteiger charge is -2.35. The zero-order chi connectivity index (χ0) is 11.0. The van der Waals surface area contributed by atoms with Gasteiger partial charge in [-0.05, 0) is 39.3 Å². The van der Waals surface area contributed by atoms with Gasteiger partial charge in [-0.2, -0.15) is 0 Å². The summed E-state index contributed by atoms with van der Waals surface area (Å²) >= 11 is 0. The molecule has 0 atom stereocenters. The number of hydrogen-bond donors (Lipinski definition) is 1. The SMILES string of the molecule is CC1=CCC=C1[Si](C)(C)NC(C)(C)C. The van der Waals surface area contributed by atoms with E-state index in [-0.39, 0.29) is 5.54 Å². The van der Waals surface area contributed by atoms with Crippen LogP contribution in [0.5, 0.6) is 0 Å². The third-order valence-corrected chi connectivity index (χ3v) is 5.85. The van der Waals surface area contributed by atoms with Crippen molar-refractivity contribution in [3.63, 3.8) is 0 Å². The van der Waals surface area contributed by atoms with Crippen LogP contribution in [0.3, 0.4) is 0 Å². The van der Waals surface area contributed by atoms with E-state index in [1.807, 2.05) is 0 Å². The summed E-state index contributed by atoms with van der Waals surface area (Å²) in [5, 5.41) is 1.59. The van der Waals surface area contributed by atoms with E-state index < -0.39 is 8.24 Å². The fourth-order valence-electron chi connectivity index (χ4n) is 2.38. The van der Waals surface area contributed by atoms with Gasteiger partial charge in [-0.25, -0.2) is 0 Å². The number of rotatable bonds is 2. The van der Waals surface area contributed by atoms with E-state index in [1.54, 1.807) is 5.20 Å². The van der Waals surface area contributed by atoms with E-state index in [9.17, 15) is 0 Å². The summed E-state index contributed by atoms with van der Waals surface area (Å²) in [4.78, 5) is 3.80. The summed E-state index contributed by atoms with van der Waals surface area (Å²) in [5.41, 5.74) is 1.71. The Bertz CT molecular complexity index is 279. The highest BCUT2D eigenvalue weighted by atomic mass is 28.3. The topological polar surface area (TPSA) is 12.0 Å². The standard InChI is InChI=1S/C12H23NSi/c1-10-8-7-9-11(10)14(5,6)13-12(2,3)4/h8-9,13H,7H2,1-6H3. The van der Waals surface area contributed by atoms with Gasteiger partial charge in [0.05, 0.1) is 0 Å². The molecule has 0 spiro atoms. The van der Waals surface area contributed by atoms with Gasteiger partial charge in [0.1, 0.15) is 0 Å². The molecule has 2 heteroatoms. The van der Waals surface area contributed by atoms with Crippen molar-refractivity contribution in [1.82, 2.24) is 4.98 Å².